The van der Waals surface area contributed by atoms with Gasteiger partial charge >= 0.3 is 0 Å². The minimum atomic E-state index is 0.514. The maximum atomic E-state index is 3.69. The van der Waals surface area contributed by atoms with Crippen molar-refractivity contribution in [3.8, 4) is 0 Å². The van der Waals surface area contributed by atoms with E-state index in [1.165, 1.54) is 58.3 Å². The molecule has 120 valence electrons. The highest BCUT2D eigenvalue weighted by atomic mass is 15.1. The van der Waals surface area contributed by atoms with Crippen molar-refractivity contribution in [2.75, 3.05) is 32.7 Å². The van der Waals surface area contributed by atoms with Crippen LogP contribution in [-0.2, 0) is 0 Å². The van der Waals surface area contributed by atoms with E-state index in [4.69, 9.17) is 0 Å². The first-order valence-corrected chi connectivity index (χ1v) is 8.90. The highest BCUT2D eigenvalue weighted by Gasteiger charge is 2.29. The van der Waals surface area contributed by atoms with Crippen LogP contribution in [-0.4, -0.2) is 37.6 Å². The van der Waals surface area contributed by atoms with Crippen molar-refractivity contribution >= 4 is 0 Å². The Kier molecular flexibility index (Phi) is 8.13. The van der Waals surface area contributed by atoms with E-state index in [9.17, 15) is 0 Å². The van der Waals surface area contributed by atoms with Crippen LogP contribution in [0, 0.1) is 17.3 Å². The Morgan fingerprint density at radius 3 is 2.15 bits per heavy atom. The second kappa shape index (κ2) is 9.04. The molecule has 20 heavy (non-hydrogen) atoms. The quantitative estimate of drug-likeness (QED) is 0.673. The van der Waals surface area contributed by atoms with Crippen molar-refractivity contribution in [1.29, 1.82) is 0 Å². The monoisotopic (exact) mass is 282 g/mol. The van der Waals surface area contributed by atoms with Crippen LogP contribution in [0.25, 0.3) is 0 Å². The molecule has 1 fully saturated rings. The first-order chi connectivity index (χ1) is 9.47. The predicted molar refractivity (Wildman–Crippen MR) is 90.2 cm³/mol. The van der Waals surface area contributed by atoms with Gasteiger partial charge < -0.3 is 10.2 Å². The lowest BCUT2D eigenvalue weighted by Gasteiger charge is -2.37. The molecule has 0 spiro atoms. The van der Waals surface area contributed by atoms with E-state index >= 15 is 0 Å². The van der Waals surface area contributed by atoms with Crippen molar-refractivity contribution in [3.05, 3.63) is 0 Å². The zero-order valence-electron chi connectivity index (χ0n) is 14.7. The number of nitrogens with one attached hydrogen (secondary N) is 1. The summed E-state index contributed by atoms with van der Waals surface area (Å²) in [7, 11) is 0. The molecule has 0 atom stereocenters. The Morgan fingerprint density at radius 2 is 1.65 bits per heavy atom. The number of hydrogen-bond acceptors (Lipinski definition) is 2. The molecular weight excluding hydrogens is 244 g/mol. The zero-order valence-corrected chi connectivity index (χ0v) is 14.7. The third-order valence-corrected chi connectivity index (χ3v) is 5.10. The van der Waals surface area contributed by atoms with Gasteiger partial charge in [0.05, 0.1) is 0 Å². The summed E-state index contributed by atoms with van der Waals surface area (Å²) in [6, 6.07) is 0. The van der Waals surface area contributed by atoms with Gasteiger partial charge in [0.2, 0.25) is 0 Å². The molecule has 1 aliphatic carbocycles. The lowest BCUT2D eigenvalue weighted by atomic mass is 9.70. The fourth-order valence-corrected chi connectivity index (χ4v) is 3.52. The number of nitrogens with zero attached hydrogens (tertiary/aromatic N) is 1. The van der Waals surface area contributed by atoms with Gasteiger partial charge in [-0.3, -0.25) is 0 Å². The van der Waals surface area contributed by atoms with E-state index in [1.807, 2.05) is 0 Å². The molecule has 2 heteroatoms. The van der Waals surface area contributed by atoms with Crippen LogP contribution in [0.5, 0.6) is 0 Å². The fourth-order valence-electron chi connectivity index (χ4n) is 3.52. The smallest absolute Gasteiger partial charge is 0.0107 e. The standard InChI is InChI=1S/C18H38N2/c1-6-13-20(7-2)14-12-19-15-16-8-10-17(11-9-16)18(3,4)5/h16-17,19H,6-15H2,1-5H3. The van der Waals surface area contributed by atoms with Crippen LogP contribution >= 0.6 is 0 Å². The molecule has 0 heterocycles. The van der Waals surface area contributed by atoms with Gasteiger partial charge in [0, 0.05) is 13.1 Å². The molecule has 0 bridgehead atoms. The van der Waals surface area contributed by atoms with E-state index < -0.39 is 0 Å². The predicted octanol–water partition coefficient (Wildman–Crippen LogP) is 4.16. The largest absolute Gasteiger partial charge is 0.315 e. The molecule has 0 aromatic carbocycles. The normalized spacial score (nSPS) is 24.3. The van der Waals surface area contributed by atoms with Gasteiger partial charge in [-0.25, -0.2) is 0 Å². The summed E-state index contributed by atoms with van der Waals surface area (Å²) in [5, 5.41) is 3.69. The SMILES string of the molecule is CCCN(CC)CCNCC1CCC(C(C)(C)C)CC1. The molecular formula is C18H38N2. The van der Waals surface area contributed by atoms with Gasteiger partial charge in [0.1, 0.15) is 0 Å². The lowest BCUT2D eigenvalue weighted by molar-refractivity contribution is 0.148. The van der Waals surface area contributed by atoms with Crippen molar-refractivity contribution in [3.63, 3.8) is 0 Å². The van der Waals surface area contributed by atoms with Crippen molar-refractivity contribution in [2.45, 2.75) is 66.7 Å². The summed E-state index contributed by atoms with van der Waals surface area (Å²) >= 11 is 0. The Morgan fingerprint density at radius 1 is 1.00 bits per heavy atom. The molecule has 1 rings (SSSR count). The van der Waals surface area contributed by atoms with Gasteiger partial charge in [-0.05, 0) is 69.0 Å². The molecule has 0 aromatic heterocycles. The molecule has 2 nitrogen and oxygen atoms in total. The highest BCUT2D eigenvalue weighted by Crippen LogP contribution is 2.39. The second-order valence-electron chi connectivity index (χ2n) is 7.72. The van der Waals surface area contributed by atoms with Gasteiger partial charge in [-0.1, -0.05) is 34.6 Å². The minimum Gasteiger partial charge on any atom is -0.315 e. The molecule has 1 aliphatic rings. The van der Waals surface area contributed by atoms with Crippen LogP contribution in [0.15, 0.2) is 0 Å². The summed E-state index contributed by atoms with van der Waals surface area (Å²) in [6.07, 6.45) is 7.01. The van der Waals surface area contributed by atoms with E-state index in [2.05, 4.69) is 44.8 Å². The van der Waals surface area contributed by atoms with Crippen LogP contribution < -0.4 is 5.32 Å². The third-order valence-electron chi connectivity index (χ3n) is 5.10. The third kappa shape index (κ3) is 6.58. The number of rotatable bonds is 8. The first-order valence-electron chi connectivity index (χ1n) is 8.90. The Labute approximate surface area is 127 Å². The Bertz CT molecular complexity index is 236. The molecule has 0 saturated heterocycles. The van der Waals surface area contributed by atoms with Gasteiger partial charge in [-0.15, -0.1) is 0 Å². The number of likely N-dealkylation sites (N-methyl/N-ethyl adjacent to an activating group) is 1. The summed E-state index contributed by atoms with van der Waals surface area (Å²) in [6.45, 7) is 17.8. The molecule has 0 amide bonds. The molecule has 0 radical (unpaired) electrons. The van der Waals surface area contributed by atoms with Crippen LogP contribution in [0.2, 0.25) is 0 Å². The Hall–Kier alpha value is -0.0800. The second-order valence-corrected chi connectivity index (χ2v) is 7.72. The maximum Gasteiger partial charge on any atom is 0.0107 e. The average molecular weight is 283 g/mol. The lowest BCUT2D eigenvalue weighted by Crippen LogP contribution is -2.36. The Balaban J connectivity index is 2.10. The summed E-state index contributed by atoms with van der Waals surface area (Å²) in [5.41, 5.74) is 0.514. The molecule has 0 aromatic rings. The summed E-state index contributed by atoms with van der Waals surface area (Å²) in [5.74, 6) is 1.87. The molecule has 0 unspecified atom stereocenters. The summed E-state index contributed by atoms with van der Waals surface area (Å²) in [4.78, 5) is 2.55. The van der Waals surface area contributed by atoms with Crippen molar-refractivity contribution in [2.24, 2.45) is 17.3 Å². The van der Waals surface area contributed by atoms with Gasteiger partial charge in [0.25, 0.3) is 0 Å². The van der Waals surface area contributed by atoms with Crippen LogP contribution in [0.4, 0.5) is 0 Å². The minimum absolute atomic E-state index is 0.514. The van der Waals surface area contributed by atoms with E-state index in [-0.39, 0.29) is 0 Å². The van der Waals surface area contributed by atoms with Gasteiger partial charge in [0.15, 0.2) is 0 Å². The maximum absolute atomic E-state index is 3.69. The highest BCUT2D eigenvalue weighted by molar-refractivity contribution is 4.81. The fraction of sp³-hybridized carbons (Fsp3) is 1.00. The van der Waals surface area contributed by atoms with E-state index in [0.29, 0.717) is 5.41 Å². The number of hydrogen-bond donors (Lipinski definition) is 1. The average Bonchev–Trinajstić information content (AvgIpc) is 2.42. The van der Waals surface area contributed by atoms with Crippen LogP contribution in [0.1, 0.15) is 66.7 Å². The van der Waals surface area contributed by atoms with Crippen molar-refractivity contribution < 1.29 is 0 Å². The molecule has 1 saturated carbocycles. The molecule has 1 N–H and O–H groups in total. The summed E-state index contributed by atoms with van der Waals surface area (Å²) < 4.78 is 0. The van der Waals surface area contributed by atoms with E-state index in [1.54, 1.807) is 0 Å². The van der Waals surface area contributed by atoms with E-state index in [0.717, 1.165) is 18.4 Å². The van der Waals surface area contributed by atoms with Gasteiger partial charge in [-0.2, -0.15) is 0 Å². The topological polar surface area (TPSA) is 15.3 Å². The zero-order chi connectivity index (χ0) is 15.0. The molecule has 0 aliphatic heterocycles. The van der Waals surface area contributed by atoms with Crippen LogP contribution in [0.3, 0.4) is 0 Å². The first kappa shape index (κ1) is 18.0. The van der Waals surface area contributed by atoms with Crippen molar-refractivity contribution in [1.82, 2.24) is 10.2 Å².